The van der Waals surface area contributed by atoms with Crippen LogP contribution in [0.15, 0.2) is 128 Å². The van der Waals surface area contributed by atoms with E-state index in [-0.39, 0.29) is 6.54 Å². The lowest BCUT2D eigenvalue weighted by molar-refractivity contribution is -0.137. The molecule has 2 N–H and O–H groups in total. The van der Waals surface area contributed by atoms with Gasteiger partial charge in [0.1, 0.15) is 5.54 Å². The maximum Gasteiger partial charge on any atom is 0.416 e. The van der Waals surface area contributed by atoms with Gasteiger partial charge in [0.25, 0.3) is 0 Å². The molecule has 1 aliphatic rings. The molecule has 0 spiro atoms. The number of rotatable bonds is 8. The van der Waals surface area contributed by atoms with Crippen molar-refractivity contribution in [3.8, 4) is 11.1 Å². The van der Waals surface area contributed by atoms with E-state index in [0.717, 1.165) is 33.9 Å². The maximum atomic E-state index is 14.1. The minimum absolute atomic E-state index is 0.211. The lowest BCUT2D eigenvalue weighted by atomic mass is 9.76. The Labute approximate surface area is 268 Å². The van der Waals surface area contributed by atoms with Gasteiger partial charge in [-0.2, -0.15) is 18.3 Å². The summed E-state index contributed by atoms with van der Waals surface area (Å²) in [7, 11) is 0. The van der Waals surface area contributed by atoms with Crippen molar-refractivity contribution in [3.05, 3.63) is 155 Å². The van der Waals surface area contributed by atoms with Crippen LogP contribution in [0.3, 0.4) is 0 Å². The molecule has 10 heteroatoms. The van der Waals surface area contributed by atoms with Gasteiger partial charge in [-0.05, 0) is 51.6 Å². The van der Waals surface area contributed by atoms with Gasteiger partial charge in [0.05, 0.1) is 24.2 Å². The Kier molecular flexibility index (Phi) is 7.52. The number of amides is 1. The molecular formula is C37H29F3N4O3. The number of nitrogens with one attached hydrogen (secondary N) is 1. The van der Waals surface area contributed by atoms with E-state index >= 15 is 0 Å². The van der Waals surface area contributed by atoms with Gasteiger partial charge in [0.2, 0.25) is 0 Å². The molecule has 1 fully saturated rings. The Morgan fingerprint density at radius 1 is 0.830 bits per heavy atom. The second-order valence-corrected chi connectivity index (χ2v) is 11.7. The van der Waals surface area contributed by atoms with Gasteiger partial charge in [-0.15, -0.1) is 0 Å². The van der Waals surface area contributed by atoms with Crippen molar-refractivity contribution in [1.29, 1.82) is 0 Å². The highest BCUT2D eigenvalue weighted by Gasteiger charge is 2.43. The molecule has 4 aromatic carbocycles. The number of carboxylic acid groups (broad SMARTS) is 1. The molecule has 1 amide bonds. The monoisotopic (exact) mass is 634 g/mol. The summed E-state index contributed by atoms with van der Waals surface area (Å²) >= 11 is 0. The molecule has 0 unspecified atom stereocenters. The number of benzene rings is 4. The minimum atomic E-state index is -4.55. The van der Waals surface area contributed by atoms with Crippen molar-refractivity contribution >= 4 is 17.1 Å². The second-order valence-electron chi connectivity index (χ2n) is 11.7. The summed E-state index contributed by atoms with van der Waals surface area (Å²) in [6.07, 6.45) is -2.14. The first-order chi connectivity index (χ1) is 22.7. The maximum absolute atomic E-state index is 14.1. The van der Waals surface area contributed by atoms with Gasteiger partial charge in [-0.1, -0.05) is 97.1 Å². The van der Waals surface area contributed by atoms with Crippen LogP contribution in [-0.2, 0) is 21.9 Å². The molecule has 3 heterocycles. The Morgan fingerprint density at radius 2 is 1.47 bits per heavy atom. The average molecular weight is 635 g/mol. The Bertz CT molecular complexity index is 2020. The molecule has 0 bridgehead atoms. The minimum Gasteiger partial charge on any atom is -0.465 e. The van der Waals surface area contributed by atoms with E-state index in [1.165, 1.54) is 12.1 Å². The van der Waals surface area contributed by atoms with Crippen LogP contribution in [0.25, 0.3) is 22.2 Å². The zero-order valence-corrected chi connectivity index (χ0v) is 25.0. The molecule has 1 saturated heterocycles. The van der Waals surface area contributed by atoms with Crippen LogP contribution in [0.5, 0.6) is 0 Å². The predicted molar refractivity (Wildman–Crippen MR) is 171 cm³/mol. The van der Waals surface area contributed by atoms with Gasteiger partial charge in [-0.3, -0.25) is 4.68 Å². The average Bonchev–Trinajstić information content (AvgIpc) is 3.50. The van der Waals surface area contributed by atoms with Crippen molar-refractivity contribution in [2.75, 3.05) is 19.8 Å². The summed E-state index contributed by atoms with van der Waals surface area (Å²) in [4.78, 5) is 15.9. The number of fused-ring (bicyclic) bond motifs is 1. The Balaban J connectivity index is 1.45. The standard InChI is InChI=1S/C37H29F3N4O3/c38-37(39,40)30-16-8-15-29(20-30)36(26-10-3-1-4-11-26,27-12-5-2-6-13-27)44-21-32-31(17-18-41-33(32)43-44)25-9-7-14-28(19-25)35(23-47-24-35)22-42-34(45)46/h1-21,42H,22-24H2,(H,45,46). The first-order valence-corrected chi connectivity index (χ1v) is 15.0. The van der Waals surface area contributed by atoms with Gasteiger partial charge in [0.15, 0.2) is 5.65 Å². The number of nitrogens with zero attached hydrogens (tertiary/aromatic N) is 3. The summed E-state index contributed by atoms with van der Waals surface area (Å²) in [5.74, 6) is 0. The number of ether oxygens (including phenoxy) is 1. The zero-order chi connectivity index (χ0) is 32.6. The van der Waals surface area contributed by atoms with Crippen LogP contribution in [0, 0.1) is 0 Å². The van der Waals surface area contributed by atoms with E-state index in [0.29, 0.717) is 29.8 Å². The summed E-state index contributed by atoms with van der Waals surface area (Å²) in [6.45, 7) is 0.977. The molecule has 1 aliphatic heterocycles. The van der Waals surface area contributed by atoms with Crippen LogP contribution >= 0.6 is 0 Å². The van der Waals surface area contributed by atoms with Crippen molar-refractivity contribution in [1.82, 2.24) is 20.1 Å². The van der Waals surface area contributed by atoms with Crippen LogP contribution in [0.4, 0.5) is 18.0 Å². The second kappa shape index (κ2) is 11.7. The highest BCUT2D eigenvalue weighted by molar-refractivity contribution is 5.92. The molecule has 0 radical (unpaired) electrons. The fourth-order valence-electron chi connectivity index (χ4n) is 6.50. The highest BCUT2D eigenvalue weighted by Crippen LogP contribution is 2.44. The van der Waals surface area contributed by atoms with Gasteiger partial charge in [-0.25, -0.2) is 9.78 Å². The largest absolute Gasteiger partial charge is 0.465 e. The molecule has 47 heavy (non-hydrogen) atoms. The van der Waals surface area contributed by atoms with E-state index in [4.69, 9.17) is 9.84 Å². The topological polar surface area (TPSA) is 89.3 Å². The fourth-order valence-corrected chi connectivity index (χ4v) is 6.50. The number of halogens is 3. The van der Waals surface area contributed by atoms with Crippen molar-refractivity contribution in [2.45, 2.75) is 17.1 Å². The van der Waals surface area contributed by atoms with E-state index < -0.39 is 28.8 Å². The first kappa shape index (κ1) is 30.2. The van der Waals surface area contributed by atoms with Gasteiger partial charge in [0, 0.05) is 24.3 Å². The van der Waals surface area contributed by atoms with Crippen LogP contribution < -0.4 is 5.32 Å². The number of pyridine rings is 1. The molecule has 236 valence electrons. The number of alkyl halides is 3. The van der Waals surface area contributed by atoms with Crippen molar-refractivity contribution in [2.24, 2.45) is 0 Å². The molecule has 0 aliphatic carbocycles. The van der Waals surface area contributed by atoms with E-state index in [1.807, 2.05) is 97.2 Å². The lowest BCUT2D eigenvalue weighted by Gasteiger charge is -2.42. The number of carbonyl (C=O) groups is 1. The molecule has 7 rings (SSSR count). The van der Waals surface area contributed by atoms with E-state index in [2.05, 4.69) is 10.3 Å². The van der Waals surface area contributed by atoms with Crippen molar-refractivity contribution < 1.29 is 27.8 Å². The molecule has 0 saturated carbocycles. The third kappa shape index (κ3) is 5.30. The quantitative estimate of drug-likeness (QED) is 0.169. The lowest BCUT2D eigenvalue weighted by Crippen LogP contribution is -2.54. The van der Waals surface area contributed by atoms with E-state index in [1.54, 1.807) is 16.9 Å². The summed E-state index contributed by atoms with van der Waals surface area (Å²) in [5.41, 5.74) is 2.32. The predicted octanol–water partition coefficient (Wildman–Crippen LogP) is 7.49. The Morgan fingerprint density at radius 3 is 2.09 bits per heavy atom. The molecular weight excluding hydrogens is 605 g/mol. The normalized spacial score (nSPS) is 14.4. The highest BCUT2D eigenvalue weighted by atomic mass is 19.4. The number of aromatic nitrogens is 3. The molecule has 7 nitrogen and oxygen atoms in total. The first-order valence-electron chi connectivity index (χ1n) is 15.0. The van der Waals surface area contributed by atoms with Gasteiger partial charge < -0.3 is 15.2 Å². The molecule has 2 aromatic heterocycles. The number of hydrogen-bond donors (Lipinski definition) is 2. The number of hydrogen-bond acceptors (Lipinski definition) is 4. The summed E-state index contributed by atoms with van der Waals surface area (Å²) < 4.78 is 49.6. The fraction of sp³-hybridized carbons (Fsp3) is 0.162. The Hall–Kier alpha value is -5.48. The molecule has 0 atom stereocenters. The third-order valence-electron chi connectivity index (χ3n) is 8.88. The summed E-state index contributed by atoms with van der Waals surface area (Å²) in [5, 5.41) is 17.4. The zero-order valence-electron chi connectivity index (χ0n) is 25.0. The van der Waals surface area contributed by atoms with Crippen LogP contribution in [0.1, 0.15) is 27.8 Å². The summed E-state index contributed by atoms with van der Waals surface area (Å²) in [6, 6.07) is 33.9. The van der Waals surface area contributed by atoms with Gasteiger partial charge >= 0.3 is 12.3 Å². The smallest absolute Gasteiger partial charge is 0.416 e. The van der Waals surface area contributed by atoms with Crippen LogP contribution in [-0.4, -0.2) is 45.7 Å². The van der Waals surface area contributed by atoms with Crippen molar-refractivity contribution in [3.63, 3.8) is 0 Å². The molecule has 6 aromatic rings. The van der Waals surface area contributed by atoms with E-state index in [9.17, 15) is 23.1 Å². The third-order valence-corrected chi connectivity index (χ3v) is 8.88. The van der Waals surface area contributed by atoms with Crippen LogP contribution in [0.2, 0.25) is 0 Å². The SMILES string of the molecule is O=C(O)NCC1(c2cccc(-c3ccnc4nn(C(c5ccccc5)(c5ccccc5)c5cccc(C(F)(F)F)c5)cc34)c2)COC1.